The van der Waals surface area contributed by atoms with Crippen molar-refractivity contribution < 1.29 is 9.47 Å². The largest absolute Gasteiger partial charge is 0.379 e. The smallest absolute Gasteiger partial charge is 0.222 e. The lowest BCUT2D eigenvalue weighted by Crippen LogP contribution is -2.13. The summed E-state index contributed by atoms with van der Waals surface area (Å²) in [5.41, 5.74) is 9.30. The summed E-state index contributed by atoms with van der Waals surface area (Å²) in [4.78, 5) is 17.6. The Balaban J connectivity index is 1.40. The summed E-state index contributed by atoms with van der Waals surface area (Å²) in [6, 6.07) is 5.83. The molecule has 0 aromatic carbocycles. The first-order chi connectivity index (χ1) is 14.3. The van der Waals surface area contributed by atoms with Crippen molar-refractivity contribution in [2.24, 2.45) is 0 Å². The molecule has 1 unspecified atom stereocenters. The van der Waals surface area contributed by atoms with Gasteiger partial charge in [-0.2, -0.15) is 4.98 Å². The number of aromatic nitrogens is 7. The predicted molar refractivity (Wildman–Crippen MR) is 106 cm³/mol. The number of rotatable bonds is 6. The van der Waals surface area contributed by atoms with E-state index in [-0.39, 0.29) is 12.1 Å². The third-order valence-electron chi connectivity index (χ3n) is 4.55. The van der Waals surface area contributed by atoms with Crippen LogP contribution in [0.2, 0.25) is 0 Å². The Morgan fingerprint density at radius 2 is 2.17 bits per heavy atom. The standard InChI is InChI=1S/C18H18N8O2S/c19-18-22-15(17-20-5-7-29-17)14-16(23-18)26(25-24-14)8-11-2-1-3-12(21-11)9-28-13-4-6-27-10-13/h1-3,5,7,13H,4,6,8-10H2,(H2,19,22,23). The van der Waals surface area contributed by atoms with Gasteiger partial charge in [0, 0.05) is 18.2 Å². The zero-order valence-corrected chi connectivity index (χ0v) is 16.2. The molecule has 29 heavy (non-hydrogen) atoms. The predicted octanol–water partition coefficient (Wildman–Crippen LogP) is 1.68. The molecule has 5 rings (SSSR count). The highest BCUT2D eigenvalue weighted by Crippen LogP contribution is 2.26. The van der Waals surface area contributed by atoms with Gasteiger partial charge in [-0.1, -0.05) is 11.3 Å². The first-order valence-electron chi connectivity index (χ1n) is 9.17. The number of nitrogens with two attached hydrogens (primary N) is 1. The number of ether oxygens (including phenoxy) is 2. The van der Waals surface area contributed by atoms with Gasteiger partial charge in [-0.3, -0.25) is 4.98 Å². The zero-order valence-electron chi connectivity index (χ0n) is 15.4. The molecule has 0 aliphatic carbocycles. The van der Waals surface area contributed by atoms with Crippen LogP contribution in [0.15, 0.2) is 29.8 Å². The lowest BCUT2D eigenvalue weighted by atomic mass is 10.3. The normalized spacial score (nSPS) is 16.6. The number of pyridine rings is 1. The van der Waals surface area contributed by atoms with E-state index in [4.69, 9.17) is 15.2 Å². The van der Waals surface area contributed by atoms with E-state index in [1.165, 1.54) is 11.3 Å². The lowest BCUT2D eigenvalue weighted by molar-refractivity contribution is 0.0301. The van der Waals surface area contributed by atoms with Gasteiger partial charge < -0.3 is 15.2 Å². The van der Waals surface area contributed by atoms with E-state index in [1.807, 2.05) is 23.6 Å². The van der Waals surface area contributed by atoms with Crippen LogP contribution >= 0.6 is 11.3 Å². The molecule has 1 aliphatic heterocycles. The highest BCUT2D eigenvalue weighted by atomic mass is 32.1. The molecule has 4 aromatic rings. The van der Waals surface area contributed by atoms with Crippen molar-refractivity contribution in [3.05, 3.63) is 41.2 Å². The topological polar surface area (TPSA) is 127 Å². The Morgan fingerprint density at radius 3 is 3.00 bits per heavy atom. The average Bonchev–Trinajstić information content (AvgIpc) is 3.49. The van der Waals surface area contributed by atoms with Gasteiger partial charge in [0.1, 0.15) is 10.7 Å². The summed E-state index contributed by atoms with van der Waals surface area (Å²) < 4.78 is 12.9. The monoisotopic (exact) mass is 410 g/mol. The van der Waals surface area contributed by atoms with Crippen LogP contribution in [0.25, 0.3) is 21.9 Å². The van der Waals surface area contributed by atoms with E-state index in [2.05, 4.69) is 30.2 Å². The summed E-state index contributed by atoms with van der Waals surface area (Å²) in [6.45, 7) is 2.26. The summed E-state index contributed by atoms with van der Waals surface area (Å²) in [6.07, 6.45) is 2.78. The molecule has 2 N–H and O–H groups in total. The lowest BCUT2D eigenvalue weighted by Gasteiger charge is -2.10. The molecule has 11 heteroatoms. The molecule has 0 amide bonds. The molecule has 1 fully saturated rings. The number of hydrogen-bond donors (Lipinski definition) is 1. The van der Waals surface area contributed by atoms with Crippen molar-refractivity contribution in [1.82, 2.24) is 34.9 Å². The van der Waals surface area contributed by atoms with Crippen LogP contribution in [0.3, 0.4) is 0 Å². The minimum absolute atomic E-state index is 0.142. The molecule has 1 atom stereocenters. The third-order valence-corrected chi connectivity index (χ3v) is 5.33. The van der Waals surface area contributed by atoms with Crippen LogP contribution < -0.4 is 5.73 Å². The number of hydrogen-bond acceptors (Lipinski definition) is 10. The second-order valence-electron chi connectivity index (χ2n) is 6.60. The molecule has 0 spiro atoms. The maximum atomic E-state index is 5.92. The Hall–Kier alpha value is -3.02. The molecule has 148 valence electrons. The molecule has 0 radical (unpaired) electrons. The third kappa shape index (κ3) is 3.79. The molecule has 0 saturated carbocycles. The molecule has 5 heterocycles. The van der Waals surface area contributed by atoms with E-state index < -0.39 is 0 Å². The van der Waals surface area contributed by atoms with Crippen LogP contribution in [0, 0.1) is 0 Å². The maximum absolute atomic E-state index is 5.92. The fourth-order valence-electron chi connectivity index (χ4n) is 3.17. The van der Waals surface area contributed by atoms with Gasteiger partial charge in [0.2, 0.25) is 5.95 Å². The number of nitrogens with zero attached hydrogens (tertiary/aromatic N) is 7. The van der Waals surface area contributed by atoms with Crippen molar-refractivity contribution >= 4 is 28.4 Å². The van der Waals surface area contributed by atoms with Gasteiger partial charge in [-0.05, 0) is 18.6 Å². The molecule has 0 bridgehead atoms. The number of anilines is 1. The van der Waals surface area contributed by atoms with E-state index in [0.29, 0.717) is 36.6 Å². The molecule has 1 saturated heterocycles. The highest BCUT2D eigenvalue weighted by Gasteiger charge is 2.18. The Kier molecular flexibility index (Phi) is 4.84. The quantitative estimate of drug-likeness (QED) is 0.505. The maximum Gasteiger partial charge on any atom is 0.222 e. The van der Waals surface area contributed by atoms with Crippen LogP contribution in [-0.4, -0.2) is 54.2 Å². The number of nitrogen functional groups attached to an aromatic ring is 1. The van der Waals surface area contributed by atoms with Crippen LogP contribution in [0.4, 0.5) is 5.95 Å². The first kappa shape index (κ1) is 18.0. The van der Waals surface area contributed by atoms with E-state index in [1.54, 1.807) is 10.9 Å². The second kappa shape index (κ2) is 7.78. The van der Waals surface area contributed by atoms with Crippen LogP contribution in [0.1, 0.15) is 17.8 Å². The molecular formula is C18H18N8O2S. The summed E-state index contributed by atoms with van der Waals surface area (Å²) in [5.74, 6) is 0.153. The average molecular weight is 410 g/mol. The Morgan fingerprint density at radius 1 is 1.24 bits per heavy atom. The summed E-state index contributed by atoms with van der Waals surface area (Å²) >= 11 is 1.46. The van der Waals surface area contributed by atoms with Gasteiger partial charge in [0.15, 0.2) is 11.2 Å². The van der Waals surface area contributed by atoms with Crippen molar-refractivity contribution in [2.75, 3.05) is 18.9 Å². The van der Waals surface area contributed by atoms with E-state index >= 15 is 0 Å². The SMILES string of the molecule is Nc1nc(-c2nccs2)c2nnn(Cc3cccc(COC4CCOC4)n3)c2n1. The minimum atomic E-state index is 0.142. The molecular weight excluding hydrogens is 392 g/mol. The van der Waals surface area contributed by atoms with Gasteiger partial charge in [0.25, 0.3) is 0 Å². The fourth-order valence-corrected chi connectivity index (χ4v) is 3.79. The molecule has 4 aromatic heterocycles. The molecule has 10 nitrogen and oxygen atoms in total. The summed E-state index contributed by atoms with van der Waals surface area (Å²) in [7, 11) is 0. The number of thiazole rings is 1. The van der Waals surface area contributed by atoms with Gasteiger partial charge in [-0.15, -0.1) is 16.4 Å². The highest BCUT2D eigenvalue weighted by molar-refractivity contribution is 7.13. The van der Waals surface area contributed by atoms with E-state index in [9.17, 15) is 0 Å². The van der Waals surface area contributed by atoms with Crippen LogP contribution in [0.5, 0.6) is 0 Å². The van der Waals surface area contributed by atoms with E-state index in [0.717, 1.165) is 29.4 Å². The second-order valence-corrected chi connectivity index (χ2v) is 7.50. The van der Waals surface area contributed by atoms with Gasteiger partial charge in [0.05, 0.1) is 37.3 Å². The van der Waals surface area contributed by atoms with Crippen molar-refractivity contribution in [3.8, 4) is 10.7 Å². The number of fused-ring (bicyclic) bond motifs is 1. The van der Waals surface area contributed by atoms with Gasteiger partial charge in [-0.25, -0.2) is 14.6 Å². The van der Waals surface area contributed by atoms with Gasteiger partial charge >= 0.3 is 0 Å². The molecule has 1 aliphatic rings. The van der Waals surface area contributed by atoms with Crippen LogP contribution in [-0.2, 0) is 22.6 Å². The Bertz CT molecular complexity index is 1120. The minimum Gasteiger partial charge on any atom is -0.379 e. The summed E-state index contributed by atoms with van der Waals surface area (Å²) in [5, 5.41) is 11.1. The fraction of sp³-hybridized carbons (Fsp3) is 0.333. The first-order valence-corrected chi connectivity index (χ1v) is 10.0. The van der Waals surface area contributed by atoms with Crippen molar-refractivity contribution in [1.29, 1.82) is 0 Å². The van der Waals surface area contributed by atoms with Crippen molar-refractivity contribution in [3.63, 3.8) is 0 Å². The zero-order chi connectivity index (χ0) is 19.6. The van der Waals surface area contributed by atoms with Crippen molar-refractivity contribution in [2.45, 2.75) is 25.7 Å². The Labute approximate surface area is 169 Å².